The van der Waals surface area contributed by atoms with E-state index in [0.717, 1.165) is 35.5 Å². The van der Waals surface area contributed by atoms with Crippen LogP contribution in [0.4, 0.5) is 5.95 Å². The maximum atomic E-state index is 5.27. The zero-order chi connectivity index (χ0) is 26.2. The van der Waals surface area contributed by atoms with E-state index in [2.05, 4.69) is 134 Å². The molecule has 0 aliphatic heterocycles. The molecule has 5 rings (SSSR count). The summed E-state index contributed by atoms with van der Waals surface area (Å²) in [5.74, 6) is 1.54. The van der Waals surface area contributed by atoms with Gasteiger partial charge in [0.25, 0.3) is 5.57 Å². The van der Waals surface area contributed by atoms with E-state index in [-0.39, 0.29) is 0 Å². The molecule has 0 aliphatic carbocycles. The van der Waals surface area contributed by atoms with Crippen molar-refractivity contribution in [2.24, 2.45) is 0 Å². The molecule has 1 heterocycles. The van der Waals surface area contributed by atoms with Gasteiger partial charge in [0.15, 0.2) is 12.4 Å². The highest BCUT2D eigenvalue weighted by Gasteiger charge is 2.51. The van der Waals surface area contributed by atoms with Gasteiger partial charge < -0.3 is 4.90 Å². The molecule has 0 saturated heterocycles. The molecule has 4 aromatic carbocycles. The number of nitrogens with zero attached hydrogens (tertiary/aromatic N) is 4. The summed E-state index contributed by atoms with van der Waals surface area (Å²) in [6, 6.07) is 42.8. The van der Waals surface area contributed by atoms with Crippen LogP contribution in [0.5, 0.6) is 0 Å². The molecule has 1 aromatic heterocycles. The van der Waals surface area contributed by atoms with Gasteiger partial charge in [-0.3, -0.25) is 0 Å². The molecular weight excluding hydrogens is 503 g/mol. The number of aromatic nitrogens is 3. The van der Waals surface area contributed by atoms with Crippen LogP contribution in [0, 0.1) is 0 Å². The second-order valence-electron chi connectivity index (χ2n) is 8.84. The van der Waals surface area contributed by atoms with E-state index in [4.69, 9.17) is 15.0 Å². The second kappa shape index (κ2) is 12.3. The Balaban J connectivity index is 1.78. The molecule has 6 heteroatoms. The zero-order valence-corrected chi connectivity index (χ0v) is 23.5. The topological polar surface area (TPSA) is 41.9 Å². The van der Waals surface area contributed by atoms with Crippen LogP contribution in [0.1, 0.15) is 19.4 Å². The zero-order valence-electron chi connectivity index (χ0n) is 21.8. The first-order chi connectivity index (χ1) is 18.8. The molecule has 0 aliphatic rings. The molecule has 4 nitrogen and oxygen atoms in total. The number of hydrogen-bond donors (Lipinski definition) is 0. The number of benzene rings is 4. The van der Waals surface area contributed by atoms with Crippen LogP contribution in [-0.2, 0) is 5.75 Å². The van der Waals surface area contributed by atoms with Gasteiger partial charge >= 0.3 is 0 Å². The first-order valence-corrected chi connectivity index (χ1v) is 15.8. The van der Waals surface area contributed by atoms with Gasteiger partial charge in [-0.15, -0.1) is 0 Å². The fourth-order valence-electron chi connectivity index (χ4n) is 4.67. The van der Waals surface area contributed by atoms with E-state index < -0.39 is 7.26 Å². The Hall–Kier alpha value is -3.53. The maximum Gasteiger partial charge on any atom is 0.298 e. The highest BCUT2D eigenvalue weighted by atomic mass is 32.2. The standard InChI is InChI=1S/C32H32N4PS/c1-3-36(4-2)30-33-31(35-32(34-30)38-25-26-17-9-5-10-18-26)37(27-19-11-6-12-20-27,28-21-13-7-14-22-28)29-23-15-8-16-24-29/h5-24H,3-4,25H2,1-2H3/q+1. The highest BCUT2D eigenvalue weighted by molar-refractivity contribution is 8.01. The quantitative estimate of drug-likeness (QED) is 0.171. The minimum atomic E-state index is -2.42. The third kappa shape index (κ3) is 5.36. The van der Waals surface area contributed by atoms with Gasteiger partial charge in [0.1, 0.15) is 15.9 Å². The Bertz CT molecular complexity index is 1330. The average molecular weight is 536 g/mol. The molecule has 0 fully saturated rings. The summed E-state index contributed by atoms with van der Waals surface area (Å²) in [4.78, 5) is 17.7. The van der Waals surface area contributed by atoms with E-state index in [0.29, 0.717) is 0 Å². The SMILES string of the molecule is CCN(CC)c1nc(SCc2ccccc2)nc([P+](c2ccccc2)(c2ccccc2)c2ccccc2)n1. The Morgan fingerprint density at radius 3 is 1.47 bits per heavy atom. The summed E-state index contributed by atoms with van der Waals surface area (Å²) in [6.45, 7) is 5.96. The van der Waals surface area contributed by atoms with E-state index in [1.807, 2.05) is 6.07 Å². The molecule has 0 unspecified atom stereocenters. The fraction of sp³-hybridized carbons (Fsp3) is 0.156. The minimum absolute atomic E-state index is 0.739. The Morgan fingerprint density at radius 2 is 1.03 bits per heavy atom. The van der Waals surface area contributed by atoms with Crippen molar-refractivity contribution in [3.8, 4) is 0 Å². The molecule has 0 N–H and O–H groups in total. The van der Waals surface area contributed by atoms with E-state index in [1.165, 1.54) is 21.5 Å². The lowest BCUT2D eigenvalue weighted by Gasteiger charge is -2.27. The largest absolute Gasteiger partial charge is 0.341 e. The summed E-state index contributed by atoms with van der Waals surface area (Å²) in [5, 5.41) is 4.45. The van der Waals surface area contributed by atoms with Gasteiger partial charge in [-0.05, 0) is 55.8 Å². The van der Waals surface area contributed by atoms with Crippen molar-refractivity contribution in [2.75, 3.05) is 18.0 Å². The van der Waals surface area contributed by atoms with Crippen LogP contribution in [0.15, 0.2) is 126 Å². The van der Waals surface area contributed by atoms with E-state index >= 15 is 0 Å². The maximum absolute atomic E-state index is 5.27. The van der Waals surface area contributed by atoms with Crippen molar-refractivity contribution in [1.82, 2.24) is 15.0 Å². The number of anilines is 1. The lowest BCUT2D eigenvalue weighted by atomic mass is 10.2. The predicted octanol–water partition coefficient (Wildman–Crippen LogP) is 5.63. The lowest BCUT2D eigenvalue weighted by Crippen LogP contribution is -2.42. The molecule has 0 radical (unpaired) electrons. The van der Waals surface area contributed by atoms with Gasteiger partial charge in [-0.25, -0.2) is 0 Å². The molecule has 0 bridgehead atoms. The molecule has 0 amide bonds. The first kappa shape index (κ1) is 26.1. The summed E-state index contributed by atoms with van der Waals surface area (Å²) >= 11 is 1.67. The smallest absolute Gasteiger partial charge is 0.298 e. The summed E-state index contributed by atoms with van der Waals surface area (Å²) in [7, 11) is -2.42. The summed E-state index contributed by atoms with van der Waals surface area (Å²) in [5.41, 5.74) is 2.09. The minimum Gasteiger partial charge on any atom is -0.341 e. The normalized spacial score (nSPS) is 11.3. The van der Waals surface area contributed by atoms with Crippen LogP contribution in [-0.4, -0.2) is 28.0 Å². The first-order valence-electron chi connectivity index (χ1n) is 13.0. The van der Waals surface area contributed by atoms with E-state index in [1.54, 1.807) is 11.8 Å². The Kier molecular flexibility index (Phi) is 8.47. The molecule has 0 spiro atoms. The van der Waals surface area contributed by atoms with Crippen LogP contribution >= 0.6 is 19.0 Å². The highest BCUT2D eigenvalue weighted by Crippen LogP contribution is 2.53. The van der Waals surface area contributed by atoms with Crippen molar-refractivity contribution in [2.45, 2.75) is 24.8 Å². The molecule has 38 heavy (non-hydrogen) atoms. The molecule has 190 valence electrons. The predicted molar refractivity (Wildman–Crippen MR) is 164 cm³/mol. The number of hydrogen-bond acceptors (Lipinski definition) is 5. The second-order valence-corrected chi connectivity index (χ2v) is 13.1. The third-order valence-corrected chi connectivity index (χ3v) is 11.5. The summed E-state index contributed by atoms with van der Waals surface area (Å²) in [6.07, 6.45) is 0. The summed E-state index contributed by atoms with van der Waals surface area (Å²) < 4.78 is 0. The van der Waals surface area contributed by atoms with Crippen LogP contribution < -0.4 is 26.4 Å². The monoisotopic (exact) mass is 535 g/mol. The van der Waals surface area contributed by atoms with Crippen molar-refractivity contribution in [1.29, 1.82) is 0 Å². The number of rotatable bonds is 10. The van der Waals surface area contributed by atoms with Crippen LogP contribution in [0.2, 0.25) is 0 Å². The van der Waals surface area contributed by atoms with Crippen molar-refractivity contribution in [3.63, 3.8) is 0 Å². The van der Waals surface area contributed by atoms with Crippen molar-refractivity contribution in [3.05, 3.63) is 127 Å². The molecule has 5 aromatic rings. The van der Waals surface area contributed by atoms with Gasteiger partial charge in [-0.2, -0.15) is 15.0 Å². The van der Waals surface area contributed by atoms with Crippen molar-refractivity contribution < 1.29 is 0 Å². The Labute approximate surface area is 230 Å². The fourth-order valence-corrected chi connectivity index (χ4v) is 9.45. The molecule has 0 atom stereocenters. The third-order valence-electron chi connectivity index (χ3n) is 6.58. The van der Waals surface area contributed by atoms with Crippen molar-refractivity contribution >= 4 is 46.5 Å². The molecular formula is C32H32N4PS+. The van der Waals surface area contributed by atoms with Gasteiger partial charge in [0, 0.05) is 18.8 Å². The molecule has 0 saturated carbocycles. The average Bonchev–Trinajstić information content (AvgIpc) is 2.99. The van der Waals surface area contributed by atoms with Crippen LogP contribution in [0.3, 0.4) is 0 Å². The van der Waals surface area contributed by atoms with Gasteiger partial charge in [-0.1, -0.05) is 96.7 Å². The van der Waals surface area contributed by atoms with E-state index in [9.17, 15) is 0 Å². The van der Waals surface area contributed by atoms with Crippen LogP contribution in [0.25, 0.3) is 0 Å². The number of thioether (sulfide) groups is 1. The van der Waals surface area contributed by atoms with Gasteiger partial charge in [0.2, 0.25) is 5.95 Å². The Morgan fingerprint density at radius 1 is 0.579 bits per heavy atom. The van der Waals surface area contributed by atoms with Gasteiger partial charge in [0.05, 0.1) is 0 Å². The lowest BCUT2D eigenvalue weighted by molar-refractivity contribution is 0.791.